The Morgan fingerprint density at radius 2 is 2.17 bits per heavy atom. The van der Waals surface area contributed by atoms with Crippen molar-refractivity contribution in [1.29, 1.82) is 0 Å². The van der Waals surface area contributed by atoms with E-state index in [-0.39, 0.29) is 5.91 Å². The minimum atomic E-state index is 0.248. The monoisotopic (exact) mass is 249 g/mol. The van der Waals surface area contributed by atoms with Gasteiger partial charge in [-0.1, -0.05) is 26.0 Å². The molecule has 2 aliphatic rings. The predicted octanol–water partition coefficient (Wildman–Crippen LogP) is 3.48. The summed E-state index contributed by atoms with van der Waals surface area (Å²) in [6.07, 6.45) is 9.90. The third-order valence-corrected chi connectivity index (χ3v) is 4.38. The van der Waals surface area contributed by atoms with Crippen molar-refractivity contribution < 1.29 is 4.79 Å². The molecule has 3 atom stereocenters. The maximum atomic E-state index is 11.6. The van der Waals surface area contributed by atoms with E-state index >= 15 is 0 Å². The van der Waals surface area contributed by atoms with Crippen LogP contribution < -0.4 is 0 Å². The second kappa shape index (κ2) is 5.90. The first-order valence-electron chi connectivity index (χ1n) is 7.48. The fourth-order valence-corrected chi connectivity index (χ4v) is 3.32. The number of allylic oxidation sites excluding steroid dienone is 2. The number of carbonyl (C=O) groups excluding carboxylic acids is 1. The van der Waals surface area contributed by atoms with Crippen molar-refractivity contribution in [3.05, 3.63) is 12.2 Å². The van der Waals surface area contributed by atoms with Crippen LogP contribution >= 0.6 is 0 Å². The highest BCUT2D eigenvalue weighted by Crippen LogP contribution is 2.48. The van der Waals surface area contributed by atoms with Gasteiger partial charge in [0.1, 0.15) is 0 Å². The minimum Gasteiger partial charge on any atom is -0.342 e. The lowest BCUT2D eigenvalue weighted by molar-refractivity contribution is -0.129. The summed E-state index contributed by atoms with van der Waals surface area (Å²) in [4.78, 5) is 13.7. The third-order valence-electron chi connectivity index (χ3n) is 4.38. The molecule has 1 saturated carbocycles. The van der Waals surface area contributed by atoms with Crippen molar-refractivity contribution in [3.8, 4) is 0 Å². The minimum absolute atomic E-state index is 0.248. The largest absolute Gasteiger partial charge is 0.342 e. The Labute approximate surface area is 111 Å². The highest BCUT2D eigenvalue weighted by atomic mass is 16.2. The van der Waals surface area contributed by atoms with Crippen LogP contribution in [-0.2, 0) is 4.79 Å². The van der Waals surface area contributed by atoms with Gasteiger partial charge in [0.05, 0.1) is 0 Å². The van der Waals surface area contributed by atoms with Crippen LogP contribution in [0.4, 0.5) is 0 Å². The lowest BCUT2D eigenvalue weighted by atomic mass is 9.89. The van der Waals surface area contributed by atoms with Crippen LogP contribution in [0.3, 0.4) is 0 Å². The van der Waals surface area contributed by atoms with Gasteiger partial charge in [0.2, 0.25) is 5.91 Å². The van der Waals surface area contributed by atoms with E-state index in [0.29, 0.717) is 5.92 Å². The zero-order valence-corrected chi connectivity index (χ0v) is 12.1. The maximum Gasteiger partial charge on any atom is 0.219 e. The molecule has 2 aliphatic carbocycles. The Bertz CT molecular complexity index is 321. The Hall–Kier alpha value is -0.790. The van der Waals surface area contributed by atoms with Gasteiger partial charge in [0, 0.05) is 20.0 Å². The summed E-state index contributed by atoms with van der Waals surface area (Å²) in [6, 6.07) is 0. The van der Waals surface area contributed by atoms with Crippen LogP contribution in [-0.4, -0.2) is 23.9 Å². The zero-order chi connectivity index (χ0) is 13.1. The van der Waals surface area contributed by atoms with Gasteiger partial charge < -0.3 is 4.90 Å². The predicted molar refractivity (Wildman–Crippen MR) is 75.2 cm³/mol. The van der Waals surface area contributed by atoms with E-state index in [4.69, 9.17) is 0 Å². The van der Waals surface area contributed by atoms with Crippen LogP contribution in [0.5, 0.6) is 0 Å². The molecule has 18 heavy (non-hydrogen) atoms. The van der Waals surface area contributed by atoms with E-state index in [9.17, 15) is 4.79 Å². The van der Waals surface area contributed by atoms with Gasteiger partial charge in [-0.05, 0) is 49.4 Å². The number of amides is 1. The van der Waals surface area contributed by atoms with E-state index < -0.39 is 0 Å². The molecule has 0 spiro atoms. The zero-order valence-electron chi connectivity index (χ0n) is 12.1. The molecule has 2 unspecified atom stereocenters. The van der Waals surface area contributed by atoms with Gasteiger partial charge in [0.25, 0.3) is 0 Å². The first-order valence-corrected chi connectivity index (χ1v) is 7.48. The Morgan fingerprint density at radius 1 is 1.39 bits per heavy atom. The molecular formula is C16H27NO. The maximum absolute atomic E-state index is 11.6. The highest BCUT2D eigenvalue weighted by Gasteiger charge is 2.43. The van der Waals surface area contributed by atoms with E-state index in [1.165, 1.54) is 25.7 Å². The lowest BCUT2D eigenvalue weighted by Crippen LogP contribution is -2.34. The normalized spacial score (nSPS) is 30.6. The van der Waals surface area contributed by atoms with Gasteiger partial charge in [0.15, 0.2) is 0 Å². The molecular weight excluding hydrogens is 222 g/mol. The van der Waals surface area contributed by atoms with Crippen LogP contribution in [0.15, 0.2) is 12.2 Å². The first-order chi connectivity index (χ1) is 8.58. The molecule has 0 aromatic carbocycles. The SMILES string of the molecule is CC(=O)N(CC(C)C)C[C@H]1CC1C1CC=CCC1. The molecule has 0 radical (unpaired) electrons. The molecule has 0 aliphatic heterocycles. The Morgan fingerprint density at radius 3 is 2.72 bits per heavy atom. The summed E-state index contributed by atoms with van der Waals surface area (Å²) >= 11 is 0. The standard InChI is InChI=1S/C16H27NO/c1-12(2)10-17(13(3)18)11-15-9-16(15)14-7-5-4-6-8-14/h4-5,12,14-16H,6-11H2,1-3H3/t14?,15-,16?/m1/s1. The van der Waals surface area contributed by atoms with E-state index in [2.05, 4.69) is 30.9 Å². The van der Waals surface area contributed by atoms with Crippen molar-refractivity contribution in [1.82, 2.24) is 4.90 Å². The van der Waals surface area contributed by atoms with Crippen molar-refractivity contribution in [2.75, 3.05) is 13.1 Å². The smallest absolute Gasteiger partial charge is 0.219 e. The molecule has 0 heterocycles. The summed E-state index contributed by atoms with van der Waals surface area (Å²) in [5.74, 6) is 3.39. The van der Waals surface area contributed by atoms with Crippen LogP contribution in [0.2, 0.25) is 0 Å². The second-order valence-electron chi connectivity index (χ2n) is 6.52. The molecule has 102 valence electrons. The van der Waals surface area contributed by atoms with Gasteiger partial charge in [-0.3, -0.25) is 4.79 Å². The Balaban J connectivity index is 1.79. The van der Waals surface area contributed by atoms with Crippen molar-refractivity contribution in [2.24, 2.45) is 23.7 Å². The van der Waals surface area contributed by atoms with Gasteiger partial charge in [-0.2, -0.15) is 0 Å². The van der Waals surface area contributed by atoms with Gasteiger partial charge in [-0.25, -0.2) is 0 Å². The number of hydrogen-bond acceptors (Lipinski definition) is 1. The Kier molecular flexibility index (Phi) is 4.47. The average Bonchev–Trinajstić information content (AvgIpc) is 3.08. The molecule has 1 amide bonds. The fraction of sp³-hybridized carbons (Fsp3) is 0.812. The van der Waals surface area contributed by atoms with Crippen LogP contribution in [0.1, 0.15) is 46.5 Å². The summed E-state index contributed by atoms with van der Waals surface area (Å²) in [6.45, 7) is 8.00. The summed E-state index contributed by atoms with van der Waals surface area (Å²) in [7, 11) is 0. The van der Waals surface area contributed by atoms with Gasteiger partial charge >= 0.3 is 0 Å². The van der Waals surface area contributed by atoms with E-state index in [0.717, 1.165) is 30.8 Å². The summed E-state index contributed by atoms with van der Waals surface area (Å²) in [5.41, 5.74) is 0. The first kappa shape index (κ1) is 13.6. The third kappa shape index (κ3) is 3.60. The lowest BCUT2D eigenvalue weighted by Gasteiger charge is -2.24. The topological polar surface area (TPSA) is 20.3 Å². The van der Waals surface area contributed by atoms with Crippen LogP contribution in [0, 0.1) is 23.7 Å². The molecule has 0 bridgehead atoms. The summed E-state index contributed by atoms with van der Waals surface area (Å²) in [5, 5.41) is 0. The molecule has 0 saturated heterocycles. The quantitative estimate of drug-likeness (QED) is 0.683. The molecule has 1 fully saturated rings. The van der Waals surface area contributed by atoms with E-state index in [1.54, 1.807) is 6.92 Å². The fourth-order valence-electron chi connectivity index (χ4n) is 3.32. The molecule has 2 heteroatoms. The number of hydrogen-bond donors (Lipinski definition) is 0. The highest BCUT2D eigenvalue weighted by molar-refractivity contribution is 5.73. The van der Waals surface area contributed by atoms with Crippen molar-refractivity contribution in [3.63, 3.8) is 0 Å². The number of rotatable bonds is 5. The van der Waals surface area contributed by atoms with Gasteiger partial charge in [-0.15, -0.1) is 0 Å². The molecule has 2 nitrogen and oxygen atoms in total. The molecule has 2 rings (SSSR count). The van der Waals surface area contributed by atoms with Crippen molar-refractivity contribution >= 4 is 5.91 Å². The van der Waals surface area contributed by atoms with E-state index in [1.807, 2.05) is 0 Å². The van der Waals surface area contributed by atoms with Crippen LogP contribution in [0.25, 0.3) is 0 Å². The van der Waals surface area contributed by atoms with Crippen molar-refractivity contribution in [2.45, 2.75) is 46.5 Å². The summed E-state index contributed by atoms with van der Waals surface area (Å²) < 4.78 is 0. The average molecular weight is 249 g/mol. The number of nitrogens with zero attached hydrogens (tertiary/aromatic N) is 1. The number of carbonyl (C=O) groups is 1. The molecule has 0 N–H and O–H groups in total. The molecule has 0 aromatic heterocycles. The second-order valence-corrected chi connectivity index (χ2v) is 6.52. The molecule has 0 aromatic rings.